The lowest BCUT2D eigenvalue weighted by atomic mass is 9.87. The number of nitrogens with zero attached hydrogens (tertiary/aromatic N) is 5. The number of carbonyl (C=O) groups excluding carboxylic acids is 1. The van der Waals surface area contributed by atoms with Crippen molar-refractivity contribution in [2.75, 3.05) is 37.7 Å². The molecule has 0 aliphatic carbocycles. The molecule has 4 saturated heterocycles. The number of ether oxygens (including phenoxy) is 1. The average molecular weight is 647 g/mol. The van der Waals surface area contributed by atoms with Gasteiger partial charge >= 0.3 is 6.01 Å². The van der Waals surface area contributed by atoms with Gasteiger partial charge in [-0.1, -0.05) is 13.0 Å². The van der Waals surface area contributed by atoms with Crippen molar-refractivity contribution in [3.63, 3.8) is 0 Å². The molecule has 4 aromatic rings. The first-order chi connectivity index (χ1) is 22.7. The second-order valence-corrected chi connectivity index (χ2v) is 13.7. The van der Waals surface area contributed by atoms with E-state index in [-0.39, 0.29) is 41.0 Å². The van der Waals surface area contributed by atoms with E-state index in [0.717, 1.165) is 32.2 Å². The van der Waals surface area contributed by atoms with Crippen molar-refractivity contribution in [2.45, 2.75) is 75.5 Å². The van der Waals surface area contributed by atoms with E-state index in [2.05, 4.69) is 20.2 Å². The van der Waals surface area contributed by atoms with Gasteiger partial charge in [0.15, 0.2) is 5.82 Å². The van der Waals surface area contributed by atoms with Gasteiger partial charge in [0.2, 0.25) is 5.91 Å². The maximum Gasteiger partial charge on any atom is 0.319 e. The number of amides is 1. The number of aryl methyl sites for hydroxylation is 1. The molecule has 6 heterocycles. The fourth-order valence-electron chi connectivity index (χ4n) is 8.59. The molecule has 4 aliphatic heterocycles. The molecule has 2 aromatic heterocycles. The number of aromatic nitrogens is 3. The van der Waals surface area contributed by atoms with Gasteiger partial charge in [0, 0.05) is 44.2 Å². The first-order valence-electron chi connectivity index (χ1n) is 16.6. The summed E-state index contributed by atoms with van der Waals surface area (Å²) in [5.74, 6) is -0.810. The minimum Gasteiger partial charge on any atom is -0.508 e. The van der Waals surface area contributed by atoms with Crippen molar-refractivity contribution in [1.29, 1.82) is 0 Å². The molecule has 0 bridgehead atoms. The third-order valence-corrected chi connectivity index (χ3v) is 10.7. The van der Waals surface area contributed by atoms with Crippen LogP contribution in [0.25, 0.3) is 32.9 Å². The van der Waals surface area contributed by atoms with Gasteiger partial charge in [-0.3, -0.25) is 14.7 Å². The Morgan fingerprint density at radius 3 is 2.79 bits per heavy atom. The van der Waals surface area contributed by atoms with Crippen LogP contribution in [0.15, 0.2) is 30.5 Å². The third kappa shape index (κ3) is 5.03. The Hall–Kier alpha value is -4.19. The zero-order valence-electron chi connectivity index (χ0n) is 26.3. The number of phenolic OH excluding ortho intramolecular Hbond substituents is 1. The van der Waals surface area contributed by atoms with Gasteiger partial charge in [0.1, 0.15) is 41.4 Å². The molecule has 4 fully saturated rings. The predicted molar refractivity (Wildman–Crippen MR) is 171 cm³/mol. The number of carbonyl (C=O) groups is 1. The summed E-state index contributed by atoms with van der Waals surface area (Å²) < 4.78 is 52.7. The van der Waals surface area contributed by atoms with Crippen LogP contribution in [0.5, 0.6) is 11.8 Å². The standard InChI is InChI=1S/C35H37F3N6O3/c1-2-23-26(37)6-5-20-13-22(45)14-24(28(20)23)30-29(38)31-25(16-39-30)32(43-11-3-8-34(18-43)10-7-27(46)42-34)41-33(40-31)47-19-35-9-4-12-44(35)17-21(36)15-35/h5-6,13-14,16,21,45H,2-4,7-12,15,17-19H2,1H3,(H,42,46)/t21-,34?,35+/m1/s1. The first kappa shape index (κ1) is 30.2. The molecular formula is C35H37F3N6O3. The SMILES string of the molecule is CCc1c(F)ccc2cc(O)cc(-c3ncc4c(N5CCCC6(CCC(=O)N6)C5)nc(OC[C@@]56CCCN5C[C@H](F)C6)nc4c3F)c12. The zero-order valence-corrected chi connectivity index (χ0v) is 26.3. The largest absolute Gasteiger partial charge is 0.508 e. The summed E-state index contributed by atoms with van der Waals surface area (Å²) in [5, 5.41) is 15.2. The quantitative estimate of drug-likeness (QED) is 0.279. The van der Waals surface area contributed by atoms with E-state index in [1.807, 2.05) is 11.8 Å². The number of hydrogen-bond donors (Lipinski definition) is 2. The van der Waals surface area contributed by atoms with Crippen LogP contribution in [-0.4, -0.2) is 80.9 Å². The summed E-state index contributed by atoms with van der Waals surface area (Å²) in [4.78, 5) is 30.3. The molecule has 2 N–H and O–H groups in total. The van der Waals surface area contributed by atoms with E-state index in [9.17, 15) is 18.7 Å². The summed E-state index contributed by atoms with van der Waals surface area (Å²) in [6.07, 6.45) is 5.85. The van der Waals surface area contributed by atoms with Crippen LogP contribution in [-0.2, 0) is 11.2 Å². The lowest BCUT2D eigenvalue weighted by Crippen LogP contribution is -2.55. The highest BCUT2D eigenvalue weighted by atomic mass is 19.1. The van der Waals surface area contributed by atoms with E-state index in [1.165, 1.54) is 24.4 Å². The van der Waals surface area contributed by atoms with Crippen molar-refractivity contribution < 1.29 is 27.8 Å². The van der Waals surface area contributed by atoms with Crippen molar-refractivity contribution in [3.05, 3.63) is 47.7 Å². The van der Waals surface area contributed by atoms with Crippen LogP contribution in [0.1, 0.15) is 57.4 Å². The number of phenols is 1. The monoisotopic (exact) mass is 646 g/mol. The number of aromatic hydroxyl groups is 1. The lowest BCUT2D eigenvalue weighted by molar-refractivity contribution is -0.119. The number of anilines is 1. The van der Waals surface area contributed by atoms with E-state index in [1.54, 1.807) is 6.07 Å². The molecule has 0 saturated carbocycles. The van der Waals surface area contributed by atoms with Crippen molar-refractivity contribution in [3.8, 4) is 23.0 Å². The first-order valence-corrected chi connectivity index (χ1v) is 16.6. The smallest absolute Gasteiger partial charge is 0.319 e. The lowest BCUT2D eigenvalue weighted by Gasteiger charge is -2.41. The molecule has 3 atom stereocenters. The van der Waals surface area contributed by atoms with Gasteiger partial charge in [0.25, 0.3) is 0 Å². The topological polar surface area (TPSA) is 104 Å². The molecule has 47 heavy (non-hydrogen) atoms. The normalized spacial score (nSPS) is 26.1. The summed E-state index contributed by atoms with van der Waals surface area (Å²) in [5.41, 5.74) is -0.305. The highest BCUT2D eigenvalue weighted by molar-refractivity contribution is 6.01. The van der Waals surface area contributed by atoms with E-state index >= 15 is 4.39 Å². The molecule has 12 heteroatoms. The third-order valence-electron chi connectivity index (χ3n) is 10.7. The maximum atomic E-state index is 16.9. The Bertz CT molecular complexity index is 1930. The maximum absolute atomic E-state index is 16.9. The molecule has 1 unspecified atom stereocenters. The molecule has 2 aromatic carbocycles. The Kier molecular flexibility index (Phi) is 7.19. The van der Waals surface area contributed by atoms with Gasteiger partial charge in [0.05, 0.1) is 16.5 Å². The van der Waals surface area contributed by atoms with Gasteiger partial charge in [-0.15, -0.1) is 0 Å². The summed E-state index contributed by atoms with van der Waals surface area (Å²) >= 11 is 0. The number of benzene rings is 2. The Morgan fingerprint density at radius 2 is 1.98 bits per heavy atom. The fourth-order valence-corrected chi connectivity index (χ4v) is 8.59. The van der Waals surface area contributed by atoms with E-state index in [0.29, 0.717) is 72.9 Å². The molecule has 8 rings (SSSR count). The highest BCUT2D eigenvalue weighted by Crippen LogP contribution is 2.42. The number of pyridine rings is 1. The number of halogens is 3. The average Bonchev–Trinajstić information content (AvgIpc) is 3.71. The molecule has 1 spiro atoms. The molecule has 1 amide bonds. The number of alkyl halides is 1. The number of fused-ring (bicyclic) bond motifs is 3. The van der Waals surface area contributed by atoms with Gasteiger partial charge in [-0.2, -0.15) is 9.97 Å². The number of hydrogen-bond acceptors (Lipinski definition) is 8. The van der Waals surface area contributed by atoms with Crippen LogP contribution >= 0.6 is 0 Å². The Labute approximate surface area is 270 Å². The Balaban J connectivity index is 1.27. The predicted octanol–water partition coefficient (Wildman–Crippen LogP) is 5.60. The summed E-state index contributed by atoms with van der Waals surface area (Å²) in [7, 11) is 0. The van der Waals surface area contributed by atoms with Gasteiger partial charge in [-0.25, -0.2) is 13.2 Å². The van der Waals surface area contributed by atoms with Crippen LogP contribution in [0.2, 0.25) is 0 Å². The molecule has 0 radical (unpaired) electrons. The van der Waals surface area contributed by atoms with Gasteiger partial charge < -0.3 is 20.1 Å². The second-order valence-electron chi connectivity index (χ2n) is 13.7. The molecule has 4 aliphatic rings. The number of piperidine rings is 1. The van der Waals surface area contributed by atoms with E-state index in [4.69, 9.17) is 9.72 Å². The minimum absolute atomic E-state index is 0.0186. The number of nitrogens with one attached hydrogen (secondary N) is 1. The Morgan fingerprint density at radius 1 is 1.13 bits per heavy atom. The van der Waals surface area contributed by atoms with E-state index < -0.39 is 28.9 Å². The number of rotatable bonds is 6. The van der Waals surface area contributed by atoms with Crippen LogP contribution in [0.4, 0.5) is 19.0 Å². The second kappa shape index (κ2) is 11.2. The highest BCUT2D eigenvalue weighted by Gasteiger charge is 2.49. The van der Waals surface area contributed by atoms with Gasteiger partial charge in [-0.05, 0) is 79.6 Å². The zero-order chi connectivity index (χ0) is 32.5. The van der Waals surface area contributed by atoms with Crippen LogP contribution in [0, 0.1) is 11.6 Å². The van der Waals surface area contributed by atoms with Crippen molar-refractivity contribution >= 4 is 33.4 Å². The van der Waals surface area contributed by atoms with Crippen molar-refractivity contribution in [1.82, 2.24) is 25.2 Å². The molecular weight excluding hydrogens is 609 g/mol. The van der Waals surface area contributed by atoms with Crippen LogP contribution in [0.3, 0.4) is 0 Å². The van der Waals surface area contributed by atoms with Crippen LogP contribution < -0.4 is 15.0 Å². The summed E-state index contributed by atoms with van der Waals surface area (Å²) in [6.45, 7) is 4.29. The molecule has 246 valence electrons. The minimum atomic E-state index is -0.931. The fraction of sp³-hybridized carbons (Fsp3) is 0.486. The van der Waals surface area contributed by atoms with Crippen molar-refractivity contribution in [2.24, 2.45) is 0 Å². The molecule has 9 nitrogen and oxygen atoms in total. The summed E-state index contributed by atoms with van der Waals surface area (Å²) in [6, 6.07) is 5.80.